The van der Waals surface area contributed by atoms with Gasteiger partial charge in [-0.1, -0.05) is 13.0 Å². The van der Waals surface area contributed by atoms with E-state index in [4.69, 9.17) is 4.74 Å². The van der Waals surface area contributed by atoms with Gasteiger partial charge in [0.25, 0.3) is 0 Å². The van der Waals surface area contributed by atoms with Crippen LogP contribution in [0.5, 0.6) is 5.75 Å². The zero-order valence-electron chi connectivity index (χ0n) is 10.7. The SMILES string of the molecule is CCOc1ccc(C(NC)C2CC2C)cc1Br. The molecule has 1 saturated carbocycles. The maximum Gasteiger partial charge on any atom is 0.133 e. The smallest absolute Gasteiger partial charge is 0.133 e. The standard InChI is InChI=1S/C14H20BrNO/c1-4-17-13-6-5-10(8-12(13)15)14(16-3)11-7-9(11)2/h5-6,8-9,11,14,16H,4,7H2,1-3H3. The minimum Gasteiger partial charge on any atom is -0.493 e. The van der Waals surface area contributed by atoms with E-state index < -0.39 is 0 Å². The Balaban J connectivity index is 2.17. The third-order valence-corrected chi connectivity index (χ3v) is 4.15. The highest BCUT2D eigenvalue weighted by Crippen LogP contribution is 2.47. The summed E-state index contributed by atoms with van der Waals surface area (Å²) in [4.78, 5) is 0. The third-order valence-electron chi connectivity index (χ3n) is 3.53. The molecule has 3 unspecified atom stereocenters. The molecule has 0 aliphatic heterocycles. The Hall–Kier alpha value is -0.540. The Labute approximate surface area is 112 Å². The van der Waals surface area contributed by atoms with Crippen LogP contribution in [0.25, 0.3) is 0 Å². The fourth-order valence-corrected chi connectivity index (χ4v) is 2.94. The van der Waals surface area contributed by atoms with Crippen LogP contribution in [0.3, 0.4) is 0 Å². The second-order valence-electron chi connectivity index (χ2n) is 4.77. The Morgan fingerprint density at radius 3 is 2.71 bits per heavy atom. The Morgan fingerprint density at radius 2 is 2.24 bits per heavy atom. The van der Waals surface area contributed by atoms with Crippen LogP contribution in [-0.2, 0) is 0 Å². The van der Waals surface area contributed by atoms with Gasteiger partial charge in [-0.2, -0.15) is 0 Å². The van der Waals surface area contributed by atoms with Crippen LogP contribution in [0.2, 0.25) is 0 Å². The summed E-state index contributed by atoms with van der Waals surface area (Å²) >= 11 is 3.58. The monoisotopic (exact) mass is 297 g/mol. The number of benzene rings is 1. The van der Waals surface area contributed by atoms with Gasteiger partial charge in [0.2, 0.25) is 0 Å². The van der Waals surface area contributed by atoms with Gasteiger partial charge in [0, 0.05) is 6.04 Å². The van der Waals surface area contributed by atoms with E-state index >= 15 is 0 Å². The average molecular weight is 298 g/mol. The van der Waals surface area contributed by atoms with E-state index in [0.717, 1.165) is 22.1 Å². The molecule has 1 aromatic carbocycles. The molecule has 1 aliphatic rings. The Bertz CT molecular complexity index is 394. The van der Waals surface area contributed by atoms with Gasteiger partial charge in [-0.05, 0) is 65.9 Å². The van der Waals surface area contributed by atoms with Gasteiger partial charge in [0.05, 0.1) is 11.1 Å². The van der Waals surface area contributed by atoms with Crippen molar-refractivity contribution in [3.63, 3.8) is 0 Å². The van der Waals surface area contributed by atoms with Crippen molar-refractivity contribution in [2.75, 3.05) is 13.7 Å². The highest BCUT2D eigenvalue weighted by atomic mass is 79.9. The van der Waals surface area contributed by atoms with Crippen molar-refractivity contribution in [1.82, 2.24) is 5.32 Å². The summed E-state index contributed by atoms with van der Waals surface area (Å²) < 4.78 is 6.58. The minimum absolute atomic E-state index is 0.469. The van der Waals surface area contributed by atoms with Gasteiger partial charge in [0.1, 0.15) is 5.75 Å². The van der Waals surface area contributed by atoms with Crippen LogP contribution < -0.4 is 10.1 Å². The van der Waals surface area contributed by atoms with Crippen molar-refractivity contribution >= 4 is 15.9 Å². The zero-order valence-corrected chi connectivity index (χ0v) is 12.3. The molecule has 2 rings (SSSR count). The normalized spacial score (nSPS) is 24.5. The molecular formula is C14H20BrNO. The van der Waals surface area contributed by atoms with E-state index in [1.165, 1.54) is 12.0 Å². The number of nitrogens with one attached hydrogen (secondary N) is 1. The summed E-state index contributed by atoms with van der Waals surface area (Å²) in [6.45, 7) is 5.02. The zero-order chi connectivity index (χ0) is 12.4. The lowest BCUT2D eigenvalue weighted by Gasteiger charge is -2.18. The van der Waals surface area contributed by atoms with Gasteiger partial charge in [0.15, 0.2) is 0 Å². The number of ether oxygens (including phenoxy) is 1. The number of rotatable bonds is 5. The number of halogens is 1. The molecule has 1 aromatic rings. The molecule has 3 heteroatoms. The van der Waals surface area contributed by atoms with E-state index in [2.05, 4.69) is 46.4 Å². The van der Waals surface area contributed by atoms with Gasteiger partial charge in [-0.25, -0.2) is 0 Å². The predicted molar refractivity (Wildman–Crippen MR) is 74.4 cm³/mol. The maximum atomic E-state index is 5.53. The summed E-state index contributed by atoms with van der Waals surface area (Å²) in [5.74, 6) is 2.55. The maximum absolute atomic E-state index is 5.53. The average Bonchev–Trinajstić information content (AvgIpc) is 3.01. The van der Waals surface area contributed by atoms with E-state index in [9.17, 15) is 0 Å². The highest BCUT2D eigenvalue weighted by Gasteiger charge is 2.39. The molecule has 0 heterocycles. The van der Waals surface area contributed by atoms with Crippen LogP contribution in [0.15, 0.2) is 22.7 Å². The summed E-state index contributed by atoms with van der Waals surface area (Å²) in [5, 5.41) is 3.43. The summed E-state index contributed by atoms with van der Waals surface area (Å²) in [6, 6.07) is 6.87. The second-order valence-corrected chi connectivity index (χ2v) is 5.62. The van der Waals surface area contributed by atoms with Gasteiger partial charge in [-0.15, -0.1) is 0 Å². The van der Waals surface area contributed by atoms with Crippen LogP contribution in [0.4, 0.5) is 0 Å². The van der Waals surface area contributed by atoms with Crippen molar-refractivity contribution in [2.24, 2.45) is 11.8 Å². The molecule has 2 nitrogen and oxygen atoms in total. The van der Waals surface area contributed by atoms with E-state index in [-0.39, 0.29) is 0 Å². The van der Waals surface area contributed by atoms with Crippen molar-refractivity contribution in [1.29, 1.82) is 0 Å². The van der Waals surface area contributed by atoms with Crippen molar-refractivity contribution in [2.45, 2.75) is 26.3 Å². The Kier molecular flexibility index (Phi) is 4.10. The highest BCUT2D eigenvalue weighted by molar-refractivity contribution is 9.10. The molecular weight excluding hydrogens is 278 g/mol. The van der Waals surface area contributed by atoms with Crippen LogP contribution in [0.1, 0.15) is 31.9 Å². The molecule has 0 saturated heterocycles. The number of hydrogen-bond donors (Lipinski definition) is 1. The lowest BCUT2D eigenvalue weighted by molar-refractivity contribution is 0.338. The molecule has 3 atom stereocenters. The second kappa shape index (κ2) is 5.40. The van der Waals surface area contributed by atoms with E-state index in [0.29, 0.717) is 12.6 Å². The molecule has 94 valence electrons. The molecule has 0 bridgehead atoms. The molecule has 1 N–H and O–H groups in total. The summed E-state index contributed by atoms with van der Waals surface area (Å²) in [5.41, 5.74) is 1.34. The predicted octanol–water partition coefficient (Wildman–Crippen LogP) is 3.76. The Morgan fingerprint density at radius 1 is 1.53 bits per heavy atom. The van der Waals surface area contributed by atoms with Crippen LogP contribution >= 0.6 is 15.9 Å². The molecule has 17 heavy (non-hydrogen) atoms. The van der Waals surface area contributed by atoms with Crippen molar-refractivity contribution < 1.29 is 4.74 Å². The lowest BCUT2D eigenvalue weighted by Crippen LogP contribution is -2.19. The fourth-order valence-electron chi connectivity index (χ4n) is 2.43. The van der Waals surface area contributed by atoms with Crippen LogP contribution in [0, 0.1) is 11.8 Å². The minimum atomic E-state index is 0.469. The first kappa shape index (κ1) is 12.9. The van der Waals surface area contributed by atoms with E-state index in [1.54, 1.807) is 0 Å². The van der Waals surface area contributed by atoms with Gasteiger partial charge >= 0.3 is 0 Å². The van der Waals surface area contributed by atoms with E-state index in [1.807, 2.05) is 14.0 Å². The van der Waals surface area contributed by atoms with Gasteiger partial charge < -0.3 is 10.1 Å². The molecule has 1 aliphatic carbocycles. The van der Waals surface area contributed by atoms with Crippen molar-refractivity contribution in [3.05, 3.63) is 28.2 Å². The molecule has 0 aromatic heterocycles. The fraction of sp³-hybridized carbons (Fsp3) is 0.571. The lowest BCUT2D eigenvalue weighted by atomic mass is 10.0. The first-order chi connectivity index (χ1) is 8.17. The summed E-state index contributed by atoms with van der Waals surface area (Å²) in [6.07, 6.45) is 1.33. The van der Waals surface area contributed by atoms with Crippen LogP contribution in [-0.4, -0.2) is 13.7 Å². The molecule has 1 fully saturated rings. The topological polar surface area (TPSA) is 21.3 Å². The molecule has 0 radical (unpaired) electrons. The molecule has 0 spiro atoms. The quantitative estimate of drug-likeness (QED) is 0.893. The largest absolute Gasteiger partial charge is 0.493 e. The molecule has 0 amide bonds. The number of hydrogen-bond acceptors (Lipinski definition) is 2. The van der Waals surface area contributed by atoms with Gasteiger partial charge in [-0.3, -0.25) is 0 Å². The first-order valence-electron chi connectivity index (χ1n) is 6.26. The summed E-state index contributed by atoms with van der Waals surface area (Å²) in [7, 11) is 2.04. The third kappa shape index (κ3) is 2.83. The van der Waals surface area contributed by atoms with Crippen molar-refractivity contribution in [3.8, 4) is 5.75 Å². The first-order valence-corrected chi connectivity index (χ1v) is 7.06.